The van der Waals surface area contributed by atoms with Gasteiger partial charge in [-0.05, 0) is 61.7 Å². The average molecular weight is 462 g/mol. The number of nitriles is 1. The highest BCUT2D eigenvalue weighted by molar-refractivity contribution is 6.30. The molecule has 3 aromatic rings. The van der Waals surface area contributed by atoms with Crippen molar-refractivity contribution < 1.29 is 4.79 Å². The van der Waals surface area contributed by atoms with Crippen LogP contribution >= 0.6 is 11.6 Å². The van der Waals surface area contributed by atoms with E-state index >= 15 is 0 Å². The van der Waals surface area contributed by atoms with Gasteiger partial charge >= 0.3 is 0 Å². The number of amides is 1. The van der Waals surface area contributed by atoms with Crippen LogP contribution in [0, 0.1) is 17.2 Å². The number of nitrogens with one attached hydrogen (secondary N) is 2. The molecule has 6 nitrogen and oxygen atoms in total. The number of H-pyrrole nitrogens is 1. The number of benzene rings is 2. The summed E-state index contributed by atoms with van der Waals surface area (Å²) >= 11 is 6.14. The second-order valence-electron chi connectivity index (χ2n) is 8.98. The van der Waals surface area contributed by atoms with Crippen LogP contribution in [0.25, 0.3) is 0 Å². The minimum atomic E-state index is -0.642. The third-order valence-corrected chi connectivity index (χ3v) is 6.54. The fraction of sp³-hybridized carbons (Fsp3) is 0.346. The van der Waals surface area contributed by atoms with Crippen LogP contribution in [0.5, 0.6) is 0 Å². The van der Waals surface area contributed by atoms with Crippen LogP contribution in [0.2, 0.25) is 5.02 Å². The van der Waals surface area contributed by atoms with E-state index in [1.807, 2.05) is 37.3 Å². The second kappa shape index (κ2) is 10.2. The minimum Gasteiger partial charge on any atom is -0.347 e. The van der Waals surface area contributed by atoms with E-state index in [2.05, 4.69) is 32.3 Å². The summed E-state index contributed by atoms with van der Waals surface area (Å²) in [6.45, 7) is 4.49. The maximum Gasteiger partial charge on any atom is 0.225 e. The monoisotopic (exact) mass is 461 g/mol. The molecule has 4 rings (SSSR count). The first-order valence-corrected chi connectivity index (χ1v) is 11.6. The number of carbonyl (C=O) groups excluding carboxylic acids is 1. The molecule has 2 aromatic carbocycles. The Morgan fingerprint density at radius 1 is 1.30 bits per heavy atom. The van der Waals surface area contributed by atoms with Crippen molar-refractivity contribution >= 4 is 17.5 Å². The summed E-state index contributed by atoms with van der Waals surface area (Å²) in [6.07, 6.45) is 5.83. The SMILES string of the molecule is CC(Cc1ccc(C#N)cc1)(NC(=O)[C@H]1CCCN(Cc2cccc(Cl)c2)C1)c1cnc[nH]1. The molecule has 1 saturated heterocycles. The number of hydrogen-bond acceptors (Lipinski definition) is 4. The van der Waals surface area contributed by atoms with Gasteiger partial charge in [-0.2, -0.15) is 5.26 Å². The minimum absolute atomic E-state index is 0.0524. The van der Waals surface area contributed by atoms with Crippen molar-refractivity contribution in [2.75, 3.05) is 13.1 Å². The molecule has 2 N–H and O–H groups in total. The Morgan fingerprint density at radius 3 is 2.82 bits per heavy atom. The highest BCUT2D eigenvalue weighted by Crippen LogP contribution is 2.27. The van der Waals surface area contributed by atoms with Gasteiger partial charge in [-0.1, -0.05) is 35.9 Å². The van der Waals surface area contributed by atoms with Crippen molar-refractivity contribution in [3.8, 4) is 6.07 Å². The van der Waals surface area contributed by atoms with Gasteiger partial charge in [-0.15, -0.1) is 0 Å². The van der Waals surface area contributed by atoms with E-state index in [9.17, 15) is 4.79 Å². The lowest BCUT2D eigenvalue weighted by Crippen LogP contribution is -2.51. The summed E-state index contributed by atoms with van der Waals surface area (Å²) in [6, 6.07) is 17.5. The highest BCUT2D eigenvalue weighted by atomic mass is 35.5. The van der Waals surface area contributed by atoms with Gasteiger partial charge in [-0.25, -0.2) is 4.98 Å². The molecule has 33 heavy (non-hydrogen) atoms. The average Bonchev–Trinajstić information content (AvgIpc) is 3.36. The first kappa shape index (κ1) is 23.0. The Labute approximate surface area is 199 Å². The number of halogens is 1. The molecule has 0 spiro atoms. The van der Waals surface area contributed by atoms with Gasteiger partial charge in [0.05, 0.1) is 41.3 Å². The largest absolute Gasteiger partial charge is 0.347 e. The topological polar surface area (TPSA) is 84.8 Å². The fourth-order valence-electron chi connectivity index (χ4n) is 4.55. The summed E-state index contributed by atoms with van der Waals surface area (Å²) in [7, 11) is 0. The molecule has 0 aliphatic carbocycles. The van der Waals surface area contributed by atoms with Gasteiger partial charge < -0.3 is 10.3 Å². The second-order valence-corrected chi connectivity index (χ2v) is 9.41. The molecule has 170 valence electrons. The van der Waals surface area contributed by atoms with Crippen molar-refractivity contribution in [3.05, 3.63) is 88.5 Å². The predicted octanol–water partition coefficient (Wildman–Crippen LogP) is 4.42. The number of carbonyl (C=O) groups is 1. The maximum atomic E-state index is 13.4. The van der Waals surface area contributed by atoms with Crippen molar-refractivity contribution in [1.29, 1.82) is 5.26 Å². The lowest BCUT2D eigenvalue weighted by Gasteiger charge is -2.36. The van der Waals surface area contributed by atoms with E-state index in [4.69, 9.17) is 16.9 Å². The van der Waals surface area contributed by atoms with Gasteiger partial charge in [0, 0.05) is 24.5 Å². The first-order chi connectivity index (χ1) is 15.9. The summed E-state index contributed by atoms with van der Waals surface area (Å²) in [5.74, 6) is -0.0299. The van der Waals surface area contributed by atoms with E-state index in [0.29, 0.717) is 18.5 Å². The number of nitrogens with zero attached hydrogens (tertiary/aromatic N) is 3. The van der Waals surface area contributed by atoms with E-state index in [-0.39, 0.29) is 11.8 Å². The van der Waals surface area contributed by atoms with Crippen molar-refractivity contribution in [2.45, 2.75) is 38.3 Å². The fourth-order valence-corrected chi connectivity index (χ4v) is 4.76. The predicted molar refractivity (Wildman–Crippen MR) is 128 cm³/mol. The molecule has 0 radical (unpaired) electrons. The van der Waals surface area contributed by atoms with E-state index in [0.717, 1.165) is 47.8 Å². The maximum absolute atomic E-state index is 13.4. The molecular weight excluding hydrogens is 434 g/mol. The summed E-state index contributed by atoms with van der Waals surface area (Å²) in [4.78, 5) is 23.1. The van der Waals surface area contributed by atoms with Crippen LogP contribution in [0.3, 0.4) is 0 Å². The Balaban J connectivity index is 1.46. The molecule has 1 fully saturated rings. The molecule has 0 saturated carbocycles. The van der Waals surface area contributed by atoms with Crippen LogP contribution in [-0.2, 0) is 23.3 Å². The Kier molecular flexibility index (Phi) is 7.12. The molecule has 1 aliphatic heterocycles. The Morgan fingerprint density at radius 2 is 2.12 bits per heavy atom. The number of likely N-dealkylation sites (tertiary alicyclic amines) is 1. The molecule has 1 amide bonds. The van der Waals surface area contributed by atoms with Gasteiger partial charge in [0.2, 0.25) is 5.91 Å². The highest BCUT2D eigenvalue weighted by Gasteiger charge is 2.34. The quantitative estimate of drug-likeness (QED) is 0.545. The molecule has 2 atom stereocenters. The van der Waals surface area contributed by atoms with Gasteiger partial charge in [-0.3, -0.25) is 9.69 Å². The summed E-state index contributed by atoms with van der Waals surface area (Å²) in [5, 5.41) is 13.1. The zero-order valence-electron chi connectivity index (χ0n) is 18.7. The van der Waals surface area contributed by atoms with Crippen molar-refractivity contribution in [2.24, 2.45) is 5.92 Å². The zero-order valence-corrected chi connectivity index (χ0v) is 19.5. The van der Waals surface area contributed by atoms with Crippen LogP contribution < -0.4 is 5.32 Å². The van der Waals surface area contributed by atoms with E-state index < -0.39 is 5.54 Å². The summed E-state index contributed by atoms with van der Waals surface area (Å²) < 4.78 is 0. The first-order valence-electron chi connectivity index (χ1n) is 11.2. The number of hydrogen-bond donors (Lipinski definition) is 2. The molecule has 0 bridgehead atoms. The normalized spacial score (nSPS) is 18.3. The van der Waals surface area contributed by atoms with Crippen LogP contribution in [-0.4, -0.2) is 33.9 Å². The standard InChI is InChI=1S/C26H28ClN5O/c1-26(24-15-29-18-30-24,13-19-7-9-20(14-28)10-8-19)31-25(33)22-5-3-11-32(17-22)16-21-4-2-6-23(27)12-21/h2,4,6-10,12,15,18,22H,3,5,11,13,16-17H2,1H3,(H,29,30)(H,31,33)/t22-,26?/m0/s1. The molecule has 1 aromatic heterocycles. The zero-order chi connectivity index (χ0) is 23.3. The number of rotatable bonds is 7. The van der Waals surface area contributed by atoms with E-state index in [1.54, 1.807) is 24.7 Å². The number of imidazole rings is 1. The summed E-state index contributed by atoms with van der Waals surface area (Å²) in [5.41, 5.74) is 3.03. The van der Waals surface area contributed by atoms with Crippen LogP contribution in [0.4, 0.5) is 0 Å². The lowest BCUT2D eigenvalue weighted by molar-refractivity contribution is -0.128. The van der Waals surface area contributed by atoms with Crippen LogP contribution in [0.1, 0.15) is 42.1 Å². The smallest absolute Gasteiger partial charge is 0.225 e. The van der Waals surface area contributed by atoms with Crippen LogP contribution in [0.15, 0.2) is 61.1 Å². The van der Waals surface area contributed by atoms with Crippen molar-refractivity contribution in [1.82, 2.24) is 20.2 Å². The van der Waals surface area contributed by atoms with E-state index in [1.165, 1.54) is 0 Å². The lowest BCUT2D eigenvalue weighted by atomic mass is 9.87. The number of aromatic amines is 1. The molecule has 2 heterocycles. The Bertz CT molecular complexity index is 1120. The van der Waals surface area contributed by atoms with Gasteiger partial charge in [0.25, 0.3) is 0 Å². The molecule has 1 unspecified atom stereocenters. The molecular formula is C26H28ClN5O. The van der Waals surface area contributed by atoms with Gasteiger partial charge in [0.1, 0.15) is 0 Å². The third-order valence-electron chi connectivity index (χ3n) is 6.30. The van der Waals surface area contributed by atoms with Gasteiger partial charge in [0.15, 0.2) is 0 Å². The van der Waals surface area contributed by atoms with Crippen molar-refractivity contribution in [3.63, 3.8) is 0 Å². The molecule has 7 heteroatoms. The number of piperidine rings is 1. The number of aromatic nitrogens is 2. The third kappa shape index (κ3) is 5.81. The molecule has 1 aliphatic rings. The Hall–Kier alpha value is -3.14.